The second-order valence-electron chi connectivity index (χ2n) is 10.9. The molecule has 3 rings (SSSR count). The van der Waals surface area contributed by atoms with Crippen LogP contribution in [0.1, 0.15) is 59.3 Å². The van der Waals surface area contributed by atoms with Crippen LogP contribution in [0.25, 0.3) is 0 Å². The topological polar surface area (TPSA) is 154 Å². The first kappa shape index (κ1) is 33.6. The molecule has 0 aromatic rings. The molecule has 1 saturated heterocycles. The Labute approximate surface area is 237 Å². The first-order valence-corrected chi connectivity index (χ1v) is 14.2. The molecule has 0 aromatic carbocycles. The summed E-state index contributed by atoms with van der Waals surface area (Å²) in [4.78, 5) is 25.0. The molecule has 9 heteroatoms. The highest BCUT2D eigenvalue weighted by molar-refractivity contribution is 5.75. The second kappa shape index (κ2) is 17.3. The summed E-state index contributed by atoms with van der Waals surface area (Å²) in [5.41, 5.74) is 0. The van der Waals surface area contributed by atoms with E-state index in [1.807, 2.05) is 37.3 Å². The van der Waals surface area contributed by atoms with Gasteiger partial charge in [-0.15, -0.1) is 0 Å². The van der Waals surface area contributed by atoms with Crippen molar-refractivity contribution in [2.45, 2.75) is 102 Å². The summed E-state index contributed by atoms with van der Waals surface area (Å²) in [5, 5.41) is 52.1. The van der Waals surface area contributed by atoms with Crippen molar-refractivity contribution < 1.29 is 44.6 Å². The summed E-state index contributed by atoms with van der Waals surface area (Å²) in [5.74, 6) is -3.22. The third-order valence-electron chi connectivity index (χ3n) is 7.46. The highest BCUT2D eigenvalue weighted by atomic mass is 16.6. The van der Waals surface area contributed by atoms with Crippen LogP contribution in [0.5, 0.6) is 0 Å². The van der Waals surface area contributed by atoms with Gasteiger partial charge in [0.05, 0.1) is 36.4 Å². The van der Waals surface area contributed by atoms with Gasteiger partial charge in [0.25, 0.3) is 0 Å². The third-order valence-corrected chi connectivity index (χ3v) is 7.46. The van der Waals surface area contributed by atoms with E-state index in [4.69, 9.17) is 9.47 Å². The molecule has 5 N–H and O–H groups in total. The average Bonchev–Trinajstić information content (AvgIpc) is 2.87. The van der Waals surface area contributed by atoms with Crippen molar-refractivity contribution in [3.05, 3.63) is 60.8 Å². The fourth-order valence-corrected chi connectivity index (χ4v) is 4.63. The first-order valence-electron chi connectivity index (χ1n) is 14.2. The fourth-order valence-electron chi connectivity index (χ4n) is 4.63. The van der Waals surface area contributed by atoms with Crippen LogP contribution in [0, 0.1) is 17.8 Å². The van der Waals surface area contributed by atoms with Gasteiger partial charge < -0.3 is 35.0 Å². The number of allylic oxidation sites excluding steroid dienone is 8. The van der Waals surface area contributed by atoms with Gasteiger partial charge in [-0.3, -0.25) is 9.59 Å². The van der Waals surface area contributed by atoms with Crippen molar-refractivity contribution in [3.63, 3.8) is 0 Å². The number of hydrogen-bond acceptors (Lipinski definition) is 9. The van der Waals surface area contributed by atoms with Crippen molar-refractivity contribution in [2.75, 3.05) is 0 Å². The summed E-state index contributed by atoms with van der Waals surface area (Å²) < 4.78 is 11.0. The van der Waals surface area contributed by atoms with Crippen molar-refractivity contribution in [1.29, 1.82) is 0 Å². The van der Waals surface area contributed by atoms with E-state index in [0.717, 1.165) is 0 Å². The monoisotopic (exact) mass is 562 g/mol. The maximum absolute atomic E-state index is 12.5. The van der Waals surface area contributed by atoms with Gasteiger partial charge in [0, 0.05) is 18.8 Å². The van der Waals surface area contributed by atoms with Gasteiger partial charge in [0.15, 0.2) is 0 Å². The molecule has 1 fully saturated rings. The molecule has 2 bridgehead atoms. The maximum atomic E-state index is 12.5. The van der Waals surface area contributed by atoms with E-state index in [1.54, 1.807) is 38.2 Å². The molecular weight excluding hydrogens is 516 g/mol. The maximum Gasteiger partial charge on any atom is 0.314 e. The quantitative estimate of drug-likeness (QED) is 0.280. The van der Waals surface area contributed by atoms with Crippen LogP contribution < -0.4 is 0 Å². The molecule has 0 aliphatic carbocycles. The molecule has 0 radical (unpaired) electrons. The highest BCUT2D eigenvalue weighted by Crippen LogP contribution is 2.28. The normalized spacial score (nSPS) is 41.9. The van der Waals surface area contributed by atoms with Crippen LogP contribution in [0.15, 0.2) is 60.8 Å². The lowest BCUT2D eigenvalue weighted by Gasteiger charge is -2.34. The predicted molar refractivity (Wildman–Crippen MR) is 151 cm³/mol. The minimum Gasteiger partial charge on any atom is -0.462 e. The zero-order valence-electron chi connectivity index (χ0n) is 23.7. The number of carbonyl (C=O) groups is 2. The summed E-state index contributed by atoms with van der Waals surface area (Å²) in [7, 11) is 0. The van der Waals surface area contributed by atoms with Gasteiger partial charge in [0.2, 0.25) is 0 Å². The molecular formula is C31H46O9. The fraction of sp³-hybridized carbons (Fsp3) is 0.613. The summed E-state index contributed by atoms with van der Waals surface area (Å²) in [6.45, 7) is 5.24. The molecule has 9 nitrogen and oxygen atoms in total. The Morgan fingerprint density at radius 2 is 1.25 bits per heavy atom. The van der Waals surface area contributed by atoms with Gasteiger partial charge in [-0.2, -0.15) is 0 Å². The van der Waals surface area contributed by atoms with E-state index in [2.05, 4.69) is 0 Å². The molecule has 0 aromatic heterocycles. The average molecular weight is 563 g/mol. The van der Waals surface area contributed by atoms with Gasteiger partial charge in [-0.25, -0.2) is 0 Å². The van der Waals surface area contributed by atoms with Crippen LogP contribution in [-0.4, -0.2) is 80.2 Å². The van der Waals surface area contributed by atoms with Crippen LogP contribution in [0.3, 0.4) is 0 Å². The minimum absolute atomic E-state index is 0.0158. The number of aliphatic hydroxyl groups is 5. The van der Waals surface area contributed by atoms with E-state index in [1.165, 1.54) is 6.08 Å². The Balaban J connectivity index is 2.09. The highest BCUT2D eigenvalue weighted by Gasteiger charge is 2.40. The Morgan fingerprint density at radius 3 is 1.88 bits per heavy atom. The number of hydrogen-bond donors (Lipinski definition) is 5. The molecule has 40 heavy (non-hydrogen) atoms. The molecule has 0 amide bonds. The second-order valence-corrected chi connectivity index (χ2v) is 10.9. The van der Waals surface area contributed by atoms with Crippen LogP contribution >= 0.6 is 0 Å². The lowest BCUT2D eigenvalue weighted by Crippen LogP contribution is -2.46. The Kier molecular flexibility index (Phi) is 14.5. The Morgan fingerprint density at radius 1 is 0.650 bits per heavy atom. The van der Waals surface area contributed by atoms with E-state index in [0.29, 0.717) is 19.3 Å². The number of fused-ring (bicyclic) bond motifs is 20. The third kappa shape index (κ3) is 11.5. The predicted octanol–water partition coefficient (Wildman–Crippen LogP) is 2.67. The largest absolute Gasteiger partial charge is 0.462 e. The number of esters is 2. The molecule has 10 atom stereocenters. The zero-order chi connectivity index (χ0) is 29.7. The molecule has 3 aliphatic rings. The van der Waals surface area contributed by atoms with Gasteiger partial charge in [-0.05, 0) is 39.5 Å². The van der Waals surface area contributed by atoms with Gasteiger partial charge >= 0.3 is 11.9 Å². The Hall–Kier alpha value is -2.56. The SMILES string of the molecule is C[C@H]1/C=C/C=C/C=C/C=C/C=C\[C@@H](O)[C@@H]2C(=O)O[C@H](CCC[C@H](O)C[C@H](O)C[C@H](O)[C@@H](C)C(=O)O[C@@H]1C)C[C@H]2O. The smallest absolute Gasteiger partial charge is 0.314 e. The molecule has 0 saturated carbocycles. The molecule has 0 spiro atoms. The van der Waals surface area contributed by atoms with E-state index in [-0.39, 0.29) is 25.2 Å². The van der Waals surface area contributed by atoms with Crippen molar-refractivity contribution >= 4 is 11.9 Å². The van der Waals surface area contributed by atoms with E-state index in [9.17, 15) is 35.1 Å². The number of rotatable bonds is 0. The summed E-state index contributed by atoms with van der Waals surface area (Å²) in [6.07, 6.45) is 12.6. The lowest BCUT2D eigenvalue weighted by molar-refractivity contribution is -0.176. The van der Waals surface area contributed by atoms with Crippen molar-refractivity contribution in [1.82, 2.24) is 0 Å². The van der Waals surface area contributed by atoms with Crippen molar-refractivity contribution in [2.24, 2.45) is 17.8 Å². The van der Waals surface area contributed by atoms with Crippen LogP contribution in [0.4, 0.5) is 0 Å². The number of carbonyl (C=O) groups excluding carboxylic acids is 2. The van der Waals surface area contributed by atoms with Crippen LogP contribution in [0.2, 0.25) is 0 Å². The summed E-state index contributed by atoms with van der Waals surface area (Å²) >= 11 is 0. The standard InChI is InChI=1S/C31H46O9/c1-20-13-10-8-6-4-5-7-9-11-16-26(34)29-28(36)19-25(40-31(29)38)15-12-14-23(32)17-24(33)18-27(35)21(2)30(37)39-22(20)3/h4-11,13,16,20-29,32-36H,12,14-15,17-19H2,1-3H3/b5-4+,8-6+,9-7+,13-10+,16-11-/t20-,21+,22+,23-,24-,25+,26+,27-,28+,29-/m0/s1. The zero-order valence-corrected chi connectivity index (χ0v) is 23.7. The first-order chi connectivity index (χ1) is 19.0. The number of aliphatic hydroxyl groups excluding tert-OH is 5. The van der Waals surface area contributed by atoms with E-state index < -0.39 is 66.5 Å². The molecule has 3 aliphatic heterocycles. The molecule has 3 heterocycles. The van der Waals surface area contributed by atoms with Crippen molar-refractivity contribution in [3.8, 4) is 0 Å². The Bertz CT molecular complexity index is 937. The minimum atomic E-state index is -1.20. The molecule has 224 valence electrons. The van der Waals surface area contributed by atoms with Gasteiger partial charge in [-0.1, -0.05) is 67.7 Å². The van der Waals surface area contributed by atoms with Crippen LogP contribution in [-0.2, 0) is 19.1 Å². The van der Waals surface area contributed by atoms with Gasteiger partial charge in [0.1, 0.15) is 18.1 Å². The number of ether oxygens (including phenoxy) is 2. The molecule has 0 unspecified atom stereocenters. The summed E-state index contributed by atoms with van der Waals surface area (Å²) in [6, 6.07) is 0. The lowest BCUT2D eigenvalue weighted by atomic mass is 9.87. The van der Waals surface area contributed by atoms with E-state index >= 15 is 0 Å².